The number of imidazole rings is 1. The quantitative estimate of drug-likeness (QED) is 0.946. The van der Waals surface area contributed by atoms with Crippen molar-refractivity contribution in [1.82, 2.24) is 14.9 Å². The monoisotopic (exact) mass is 303 g/mol. The Kier molecular flexibility index (Phi) is 3.85. The van der Waals surface area contributed by atoms with E-state index < -0.39 is 0 Å². The van der Waals surface area contributed by atoms with Crippen LogP contribution in [0.15, 0.2) is 12.3 Å². The van der Waals surface area contributed by atoms with E-state index in [1.807, 2.05) is 14.0 Å². The molecule has 5 heteroatoms. The van der Waals surface area contributed by atoms with Gasteiger partial charge in [0.1, 0.15) is 5.82 Å². The van der Waals surface area contributed by atoms with Gasteiger partial charge in [-0.2, -0.15) is 0 Å². The van der Waals surface area contributed by atoms with Gasteiger partial charge in [-0.3, -0.25) is 4.79 Å². The summed E-state index contributed by atoms with van der Waals surface area (Å²) < 4.78 is 0. The van der Waals surface area contributed by atoms with E-state index in [1.165, 1.54) is 16.9 Å². The largest absolute Gasteiger partial charge is 0.345 e. The second kappa shape index (κ2) is 5.64. The predicted molar refractivity (Wildman–Crippen MR) is 84.6 cm³/mol. The van der Waals surface area contributed by atoms with E-state index in [2.05, 4.69) is 23.0 Å². The van der Waals surface area contributed by atoms with Gasteiger partial charge in [0.2, 0.25) is 0 Å². The molecule has 1 atom stereocenters. The Morgan fingerprint density at radius 1 is 1.57 bits per heavy atom. The Balaban J connectivity index is 1.72. The Labute approximate surface area is 129 Å². The van der Waals surface area contributed by atoms with Crippen LogP contribution in [-0.2, 0) is 19.4 Å². The van der Waals surface area contributed by atoms with Crippen molar-refractivity contribution in [2.75, 3.05) is 7.05 Å². The number of fused-ring (bicyclic) bond motifs is 1. The second-order valence-corrected chi connectivity index (χ2v) is 7.22. The number of nitrogens with one attached hydrogen (secondary N) is 1. The number of nitrogens with zero attached hydrogens (tertiary/aromatic N) is 2. The van der Waals surface area contributed by atoms with E-state index in [0.717, 1.165) is 35.2 Å². The van der Waals surface area contributed by atoms with Crippen LogP contribution in [0.25, 0.3) is 0 Å². The number of aromatic nitrogens is 2. The molecule has 0 aromatic carbocycles. The molecule has 0 saturated heterocycles. The van der Waals surface area contributed by atoms with Crippen LogP contribution in [-0.4, -0.2) is 27.8 Å². The zero-order chi connectivity index (χ0) is 15.0. The Bertz CT molecular complexity index is 658. The average molecular weight is 303 g/mol. The molecule has 0 aliphatic heterocycles. The summed E-state index contributed by atoms with van der Waals surface area (Å²) in [6.45, 7) is 4.77. The van der Waals surface area contributed by atoms with Crippen molar-refractivity contribution >= 4 is 17.2 Å². The molecule has 0 saturated carbocycles. The van der Waals surface area contributed by atoms with Crippen LogP contribution in [0.1, 0.15) is 45.0 Å². The van der Waals surface area contributed by atoms with Crippen LogP contribution in [0.5, 0.6) is 0 Å². The molecule has 1 amide bonds. The van der Waals surface area contributed by atoms with Gasteiger partial charge >= 0.3 is 0 Å². The molecule has 2 aromatic heterocycles. The first-order valence-electron chi connectivity index (χ1n) is 7.40. The van der Waals surface area contributed by atoms with Crippen molar-refractivity contribution in [1.29, 1.82) is 0 Å². The fraction of sp³-hybridized carbons (Fsp3) is 0.500. The first-order valence-corrected chi connectivity index (χ1v) is 8.22. The minimum atomic E-state index is 0.0936. The highest BCUT2D eigenvalue weighted by Crippen LogP contribution is 2.32. The van der Waals surface area contributed by atoms with Gasteiger partial charge in [-0.05, 0) is 43.7 Å². The molecule has 1 aliphatic carbocycles. The lowest BCUT2D eigenvalue weighted by atomic mass is 9.90. The van der Waals surface area contributed by atoms with Gasteiger partial charge in [0.05, 0.1) is 11.4 Å². The van der Waals surface area contributed by atoms with Crippen LogP contribution in [0.3, 0.4) is 0 Å². The summed E-state index contributed by atoms with van der Waals surface area (Å²) in [7, 11) is 1.83. The molecule has 1 N–H and O–H groups in total. The smallest absolute Gasteiger partial charge is 0.264 e. The maximum atomic E-state index is 12.5. The minimum absolute atomic E-state index is 0.0936. The molecule has 0 bridgehead atoms. The second-order valence-electron chi connectivity index (χ2n) is 6.08. The van der Waals surface area contributed by atoms with Crippen LogP contribution < -0.4 is 0 Å². The van der Waals surface area contributed by atoms with Crippen LogP contribution in [0, 0.1) is 12.8 Å². The molecule has 21 heavy (non-hydrogen) atoms. The summed E-state index contributed by atoms with van der Waals surface area (Å²) >= 11 is 1.67. The van der Waals surface area contributed by atoms with E-state index in [-0.39, 0.29) is 5.91 Å². The number of hydrogen-bond acceptors (Lipinski definition) is 3. The topological polar surface area (TPSA) is 49.0 Å². The molecule has 0 fully saturated rings. The highest BCUT2D eigenvalue weighted by atomic mass is 32.1. The number of aromatic amines is 1. The van der Waals surface area contributed by atoms with E-state index in [0.29, 0.717) is 6.54 Å². The highest BCUT2D eigenvalue weighted by molar-refractivity contribution is 7.14. The SMILES string of the molecule is Cc1cnc(CN(C)C(=O)c2cc3c(s2)CC[C@@H](C)C3)[nH]1. The van der Waals surface area contributed by atoms with Crippen molar-refractivity contribution in [3.05, 3.63) is 39.1 Å². The van der Waals surface area contributed by atoms with Crippen molar-refractivity contribution in [3.63, 3.8) is 0 Å². The molecule has 0 unspecified atom stereocenters. The van der Waals surface area contributed by atoms with E-state index in [1.54, 1.807) is 22.4 Å². The first-order chi connectivity index (χ1) is 10.0. The Morgan fingerprint density at radius 3 is 3.10 bits per heavy atom. The molecule has 0 spiro atoms. The Morgan fingerprint density at radius 2 is 2.38 bits per heavy atom. The first kappa shape index (κ1) is 14.3. The molecule has 1 aliphatic rings. The predicted octanol–water partition coefficient (Wildman–Crippen LogP) is 3.18. The van der Waals surface area contributed by atoms with Crippen molar-refractivity contribution in [2.24, 2.45) is 5.92 Å². The summed E-state index contributed by atoms with van der Waals surface area (Å²) in [5.74, 6) is 1.66. The van der Waals surface area contributed by atoms with E-state index >= 15 is 0 Å². The van der Waals surface area contributed by atoms with Gasteiger partial charge in [-0.15, -0.1) is 11.3 Å². The maximum absolute atomic E-state index is 12.5. The third kappa shape index (κ3) is 3.02. The average Bonchev–Trinajstić information content (AvgIpc) is 3.03. The zero-order valence-corrected chi connectivity index (χ0v) is 13.6. The maximum Gasteiger partial charge on any atom is 0.264 e. The number of H-pyrrole nitrogens is 1. The van der Waals surface area contributed by atoms with Gasteiger partial charge < -0.3 is 9.88 Å². The fourth-order valence-corrected chi connectivity index (χ4v) is 4.05. The highest BCUT2D eigenvalue weighted by Gasteiger charge is 2.22. The summed E-state index contributed by atoms with van der Waals surface area (Å²) in [5.41, 5.74) is 2.40. The molecule has 0 radical (unpaired) electrons. The molecule has 4 nitrogen and oxygen atoms in total. The number of amides is 1. The normalized spacial score (nSPS) is 17.6. The standard InChI is InChI=1S/C16H21N3OS/c1-10-4-5-13-12(6-10)7-14(21-13)16(20)19(3)9-15-17-8-11(2)18-15/h7-8,10H,4-6,9H2,1-3H3,(H,17,18)/t10-/m1/s1. The molecular weight excluding hydrogens is 282 g/mol. The lowest BCUT2D eigenvalue weighted by Crippen LogP contribution is -2.26. The summed E-state index contributed by atoms with van der Waals surface area (Å²) in [6, 6.07) is 2.10. The third-order valence-corrected chi connectivity index (χ3v) is 5.25. The number of rotatable bonds is 3. The number of carbonyl (C=O) groups excluding carboxylic acids is 1. The van der Waals surface area contributed by atoms with Crippen LogP contribution in [0.4, 0.5) is 0 Å². The molecule has 2 heterocycles. The number of hydrogen-bond donors (Lipinski definition) is 1. The van der Waals surface area contributed by atoms with E-state index in [4.69, 9.17) is 0 Å². The lowest BCUT2D eigenvalue weighted by molar-refractivity contribution is 0.0786. The van der Waals surface area contributed by atoms with Crippen molar-refractivity contribution in [2.45, 2.75) is 39.7 Å². The van der Waals surface area contributed by atoms with Crippen molar-refractivity contribution in [3.8, 4) is 0 Å². The van der Waals surface area contributed by atoms with Gasteiger partial charge in [0.15, 0.2) is 0 Å². The van der Waals surface area contributed by atoms with Gasteiger partial charge in [0, 0.05) is 23.8 Å². The summed E-state index contributed by atoms with van der Waals surface area (Å²) in [5, 5.41) is 0. The van der Waals surface area contributed by atoms with Gasteiger partial charge in [-0.1, -0.05) is 6.92 Å². The summed E-state index contributed by atoms with van der Waals surface area (Å²) in [6.07, 6.45) is 5.26. The van der Waals surface area contributed by atoms with Gasteiger partial charge in [-0.25, -0.2) is 4.98 Å². The fourth-order valence-electron chi connectivity index (χ4n) is 2.84. The van der Waals surface area contributed by atoms with Crippen LogP contribution >= 0.6 is 11.3 Å². The van der Waals surface area contributed by atoms with Crippen LogP contribution in [0.2, 0.25) is 0 Å². The molecule has 2 aromatic rings. The third-order valence-electron chi connectivity index (χ3n) is 4.03. The van der Waals surface area contributed by atoms with E-state index in [9.17, 15) is 4.79 Å². The zero-order valence-electron chi connectivity index (χ0n) is 12.8. The lowest BCUT2D eigenvalue weighted by Gasteiger charge is -2.16. The molecular formula is C16H21N3OS. The number of carbonyl (C=O) groups is 1. The number of aryl methyl sites for hydroxylation is 2. The van der Waals surface area contributed by atoms with Gasteiger partial charge in [0.25, 0.3) is 5.91 Å². The van der Waals surface area contributed by atoms with Crippen molar-refractivity contribution < 1.29 is 4.79 Å². The number of thiophene rings is 1. The Hall–Kier alpha value is -1.62. The minimum Gasteiger partial charge on any atom is -0.345 e. The molecule has 3 rings (SSSR count). The summed E-state index contributed by atoms with van der Waals surface area (Å²) in [4.78, 5) is 24.0. The molecule has 112 valence electrons.